The van der Waals surface area contributed by atoms with Crippen molar-refractivity contribution in [3.8, 4) is 0 Å². The summed E-state index contributed by atoms with van der Waals surface area (Å²) in [5, 5.41) is 5.79. The Labute approximate surface area is 156 Å². The second kappa shape index (κ2) is 10.1. The zero-order valence-electron chi connectivity index (χ0n) is 15.2. The lowest BCUT2D eigenvalue weighted by atomic mass is 10.2. The zero-order valence-corrected chi connectivity index (χ0v) is 16.1. The Morgan fingerprint density at radius 2 is 2.04 bits per heavy atom. The summed E-state index contributed by atoms with van der Waals surface area (Å²) in [6.45, 7) is 7.89. The van der Waals surface area contributed by atoms with Gasteiger partial charge in [0.25, 0.3) is 0 Å². The molecule has 0 spiro atoms. The number of nitrogens with one attached hydrogen (secondary N) is 2. The molecule has 1 saturated heterocycles. The Hall–Kier alpha value is -1.32. The number of aryl methyl sites for hydroxylation is 1. The van der Waals surface area contributed by atoms with Crippen LogP contribution in [0.4, 0.5) is 13.2 Å². The molecular weight excluding hydrogens is 365 g/mol. The molecule has 9 heteroatoms. The average Bonchev–Trinajstić information content (AvgIpc) is 3.01. The van der Waals surface area contributed by atoms with Gasteiger partial charge in [0.2, 0.25) is 0 Å². The number of aliphatic imine (C=N–C) groups is 1. The predicted molar refractivity (Wildman–Crippen MR) is 98.8 cm³/mol. The van der Waals surface area contributed by atoms with Gasteiger partial charge in [-0.05, 0) is 26.0 Å². The second-order valence-electron chi connectivity index (χ2n) is 6.12. The summed E-state index contributed by atoms with van der Waals surface area (Å²) in [7, 11) is 0. The first-order chi connectivity index (χ1) is 12.4. The van der Waals surface area contributed by atoms with E-state index < -0.39 is 12.6 Å². The third-order valence-corrected chi connectivity index (χ3v) is 5.15. The Kier molecular flexibility index (Phi) is 8.17. The standard InChI is InChI=1S/C17H27F3N4OS/c1-3-21-16(22-7-6-17(18,19)20)23-12-14(15-5-4-13(2)26-15)24-8-10-25-11-9-24/h4-5,14H,3,6-12H2,1-2H3,(H2,21,22,23). The maximum atomic E-state index is 12.4. The fourth-order valence-electron chi connectivity index (χ4n) is 2.75. The van der Waals surface area contributed by atoms with Crippen molar-refractivity contribution in [3.63, 3.8) is 0 Å². The van der Waals surface area contributed by atoms with Crippen LogP contribution in [0, 0.1) is 6.92 Å². The summed E-state index contributed by atoms with van der Waals surface area (Å²) in [5.74, 6) is 0.420. The van der Waals surface area contributed by atoms with Gasteiger partial charge in [-0.3, -0.25) is 9.89 Å². The van der Waals surface area contributed by atoms with E-state index in [0.29, 0.717) is 32.3 Å². The van der Waals surface area contributed by atoms with Crippen LogP contribution in [-0.2, 0) is 4.74 Å². The van der Waals surface area contributed by atoms with Gasteiger partial charge in [-0.15, -0.1) is 11.3 Å². The molecule has 0 aliphatic carbocycles. The fraction of sp³-hybridized carbons (Fsp3) is 0.706. The van der Waals surface area contributed by atoms with Crippen LogP contribution < -0.4 is 10.6 Å². The minimum Gasteiger partial charge on any atom is -0.379 e. The lowest BCUT2D eigenvalue weighted by Gasteiger charge is -2.33. The molecule has 2 N–H and O–H groups in total. The van der Waals surface area contributed by atoms with Crippen molar-refractivity contribution >= 4 is 17.3 Å². The lowest BCUT2D eigenvalue weighted by Crippen LogP contribution is -2.42. The molecule has 0 amide bonds. The highest BCUT2D eigenvalue weighted by Gasteiger charge is 2.27. The summed E-state index contributed by atoms with van der Waals surface area (Å²) in [6.07, 6.45) is -5.05. The number of thiophene rings is 1. The normalized spacial score (nSPS) is 18.0. The van der Waals surface area contributed by atoms with Gasteiger partial charge in [-0.25, -0.2) is 0 Å². The Balaban J connectivity index is 2.04. The smallest absolute Gasteiger partial charge is 0.379 e. The van der Waals surface area contributed by atoms with E-state index >= 15 is 0 Å². The molecule has 2 heterocycles. The number of guanidine groups is 1. The summed E-state index contributed by atoms with van der Waals surface area (Å²) < 4.78 is 42.5. The third-order valence-electron chi connectivity index (χ3n) is 4.04. The Morgan fingerprint density at radius 3 is 2.62 bits per heavy atom. The maximum Gasteiger partial charge on any atom is 0.390 e. The largest absolute Gasteiger partial charge is 0.390 e. The number of ether oxygens (including phenoxy) is 1. The van der Waals surface area contributed by atoms with Crippen LogP contribution in [-0.4, -0.2) is 63.0 Å². The van der Waals surface area contributed by atoms with E-state index in [1.807, 2.05) is 6.92 Å². The number of halogens is 3. The van der Waals surface area contributed by atoms with Crippen LogP contribution >= 0.6 is 11.3 Å². The van der Waals surface area contributed by atoms with Crippen LogP contribution in [0.2, 0.25) is 0 Å². The molecule has 2 rings (SSSR count). The fourth-order valence-corrected chi connectivity index (χ4v) is 3.75. The molecule has 1 aromatic heterocycles. The molecule has 148 valence electrons. The number of hydrogen-bond donors (Lipinski definition) is 2. The number of morpholine rings is 1. The Morgan fingerprint density at radius 1 is 1.31 bits per heavy atom. The van der Waals surface area contributed by atoms with Gasteiger partial charge < -0.3 is 15.4 Å². The highest BCUT2D eigenvalue weighted by molar-refractivity contribution is 7.12. The number of nitrogens with zero attached hydrogens (tertiary/aromatic N) is 2. The zero-order chi connectivity index (χ0) is 19.0. The molecule has 1 aliphatic rings. The van der Waals surface area contributed by atoms with Gasteiger partial charge in [0.15, 0.2) is 5.96 Å². The summed E-state index contributed by atoms with van der Waals surface area (Å²) in [6, 6.07) is 4.31. The molecule has 1 unspecified atom stereocenters. The van der Waals surface area contributed by atoms with Crippen molar-refractivity contribution in [3.05, 3.63) is 21.9 Å². The van der Waals surface area contributed by atoms with Crippen molar-refractivity contribution in [2.24, 2.45) is 4.99 Å². The molecular formula is C17H27F3N4OS. The summed E-state index contributed by atoms with van der Waals surface area (Å²) >= 11 is 1.73. The SMILES string of the molecule is CCNC(=NCC(c1ccc(C)s1)N1CCOCC1)NCCC(F)(F)F. The van der Waals surface area contributed by atoms with Crippen molar-refractivity contribution in [2.45, 2.75) is 32.5 Å². The second-order valence-corrected chi connectivity index (χ2v) is 7.44. The first kappa shape index (κ1) is 21.0. The monoisotopic (exact) mass is 392 g/mol. The van der Waals surface area contributed by atoms with E-state index in [2.05, 4.69) is 39.6 Å². The van der Waals surface area contributed by atoms with Crippen LogP contribution in [0.25, 0.3) is 0 Å². The predicted octanol–water partition coefficient (Wildman–Crippen LogP) is 2.94. The molecule has 0 saturated carbocycles. The molecule has 0 radical (unpaired) electrons. The molecule has 0 bridgehead atoms. The minimum atomic E-state index is -4.17. The lowest BCUT2D eigenvalue weighted by molar-refractivity contribution is -0.132. The number of alkyl halides is 3. The molecule has 0 aromatic carbocycles. The first-order valence-corrected chi connectivity index (χ1v) is 9.67. The van der Waals surface area contributed by atoms with E-state index in [-0.39, 0.29) is 12.6 Å². The van der Waals surface area contributed by atoms with Crippen LogP contribution in [0.3, 0.4) is 0 Å². The summed E-state index contributed by atoms with van der Waals surface area (Å²) in [5.41, 5.74) is 0. The highest BCUT2D eigenvalue weighted by Crippen LogP contribution is 2.28. The van der Waals surface area contributed by atoms with Crippen molar-refractivity contribution in [2.75, 3.05) is 45.9 Å². The van der Waals surface area contributed by atoms with E-state index in [4.69, 9.17) is 4.74 Å². The van der Waals surface area contributed by atoms with Crippen molar-refractivity contribution in [1.29, 1.82) is 0 Å². The highest BCUT2D eigenvalue weighted by atomic mass is 32.1. The van der Waals surface area contributed by atoms with Gasteiger partial charge in [0.05, 0.1) is 32.2 Å². The van der Waals surface area contributed by atoms with Crippen molar-refractivity contribution < 1.29 is 17.9 Å². The first-order valence-electron chi connectivity index (χ1n) is 8.86. The number of hydrogen-bond acceptors (Lipinski definition) is 4. The van der Waals surface area contributed by atoms with Crippen LogP contribution in [0.5, 0.6) is 0 Å². The van der Waals surface area contributed by atoms with Crippen LogP contribution in [0.15, 0.2) is 17.1 Å². The van der Waals surface area contributed by atoms with Crippen molar-refractivity contribution in [1.82, 2.24) is 15.5 Å². The molecule has 1 atom stereocenters. The van der Waals surface area contributed by atoms with Gasteiger partial charge in [-0.2, -0.15) is 13.2 Å². The van der Waals surface area contributed by atoms with E-state index in [9.17, 15) is 13.2 Å². The van der Waals surface area contributed by atoms with Gasteiger partial charge >= 0.3 is 6.18 Å². The van der Waals surface area contributed by atoms with E-state index in [1.165, 1.54) is 9.75 Å². The summed E-state index contributed by atoms with van der Waals surface area (Å²) in [4.78, 5) is 9.33. The quantitative estimate of drug-likeness (QED) is 0.553. The van der Waals surface area contributed by atoms with Gasteiger partial charge in [0.1, 0.15) is 0 Å². The maximum absolute atomic E-state index is 12.4. The molecule has 1 fully saturated rings. The van der Waals surface area contributed by atoms with E-state index in [1.54, 1.807) is 11.3 Å². The van der Waals surface area contributed by atoms with Gasteiger partial charge in [-0.1, -0.05) is 0 Å². The topological polar surface area (TPSA) is 48.9 Å². The minimum absolute atomic E-state index is 0.107. The number of rotatable bonds is 7. The van der Waals surface area contributed by atoms with Crippen LogP contribution in [0.1, 0.15) is 29.1 Å². The molecule has 26 heavy (non-hydrogen) atoms. The molecule has 5 nitrogen and oxygen atoms in total. The third kappa shape index (κ3) is 7.13. The van der Waals surface area contributed by atoms with Gasteiger partial charge in [0, 0.05) is 35.9 Å². The molecule has 1 aliphatic heterocycles. The van der Waals surface area contributed by atoms with E-state index in [0.717, 1.165) is 13.1 Å². The average molecular weight is 392 g/mol. The molecule has 1 aromatic rings. The Bertz CT molecular complexity index is 571.